The molecule has 0 aromatic carbocycles. The fourth-order valence-electron chi connectivity index (χ4n) is 0.991. The Kier molecular flexibility index (Phi) is 4.42. The number of nitrogens with one attached hydrogen (secondary N) is 1. The Labute approximate surface area is 78.1 Å². The SMILES string of the molecule is CN(C)CCCNCc1ncon1. The molecule has 1 heterocycles. The molecule has 13 heavy (non-hydrogen) atoms. The highest BCUT2D eigenvalue weighted by atomic mass is 16.5. The quantitative estimate of drug-likeness (QED) is 0.636. The molecule has 0 aliphatic rings. The van der Waals surface area contributed by atoms with Crippen molar-refractivity contribution in [1.82, 2.24) is 20.4 Å². The predicted molar refractivity (Wildman–Crippen MR) is 49.2 cm³/mol. The number of hydrogen-bond acceptors (Lipinski definition) is 5. The zero-order valence-corrected chi connectivity index (χ0v) is 8.16. The first kappa shape index (κ1) is 10.1. The molecule has 0 atom stereocenters. The second-order valence-corrected chi connectivity index (χ2v) is 3.18. The average molecular weight is 184 g/mol. The van der Waals surface area contributed by atoms with Gasteiger partial charge in [0.25, 0.3) is 0 Å². The summed E-state index contributed by atoms with van der Waals surface area (Å²) in [6.07, 6.45) is 2.47. The fraction of sp³-hybridized carbons (Fsp3) is 0.750. The minimum Gasteiger partial charge on any atom is -0.343 e. The summed E-state index contributed by atoms with van der Waals surface area (Å²) < 4.78 is 4.60. The van der Waals surface area contributed by atoms with Crippen molar-refractivity contribution in [1.29, 1.82) is 0 Å². The third kappa shape index (κ3) is 4.59. The Bertz CT molecular complexity index is 210. The van der Waals surface area contributed by atoms with Gasteiger partial charge in [-0.1, -0.05) is 5.16 Å². The summed E-state index contributed by atoms with van der Waals surface area (Å²) in [4.78, 5) is 6.06. The molecule has 1 aromatic heterocycles. The molecule has 0 saturated carbocycles. The van der Waals surface area contributed by atoms with Gasteiger partial charge in [0.2, 0.25) is 6.39 Å². The first-order valence-electron chi connectivity index (χ1n) is 4.40. The number of aromatic nitrogens is 2. The van der Waals surface area contributed by atoms with Gasteiger partial charge in [-0.3, -0.25) is 0 Å². The first-order chi connectivity index (χ1) is 6.29. The van der Waals surface area contributed by atoms with Crippen LogP contribution in [0, 0.1) is 0 Å². The molecule has 5 nitrogen and oxygen atoms in total. The van der Waals surface area contributed by atoms with Gasteiger partial charge in [-0.05, 0) is 33.6 Å². The molecule has 0 bridgehead atoms. The van der Waals surface area contributed by atoms with Crippen molar-refractivity contribution in [3.63, 3.8) is 0 Å². The molecule has 0 amide bonds. The van der Waals surface area contributed by atoms with Crippen molar-refractivity contribution in [3.05, 3.63) is 12.2 Å². The zero-order chi connectivity index (χ0) is 9.52. The maximum absolute atomic E-state index is 4.60. The van der Waals surface area contributed by atoms with Gasteiger partial charge >= 0.3 is 0 Å². The van der Waals surface area contributed by atoms with E-state index in [1.165, 1.54) is 6.39 Å². The first-order valence-corrected chi connectivity index (χ1v) is 4.40. The molecular formula is C8H16N4O. The van der Waals surface area contributed by atoms with Crippen LogP contribution in [0.2, 0.25) is 0 Å². The van der Waals surface area contributed by atoms with Gasteiger partial charge in [0.15, 0.2) is 5.82 Å². The lowest BCUT2D eigenvalue weighted by atomic mass is 10.4. The minimum atomic E-state index is 0.684. The second-order valence-electron chi connectivity index (χ2n) is 3.18. The lowest BCUT2D eigenvalue weighted by Gasteiger charge is -2.08. The standard InChI is InChI=1S/C8H16N4O/c1-12(2)5-3-4-9-6-8-10-7-13-11-8/h7,9H,3-6H2,1-2H3. The van der Waals surface area contributed by atoms with Gasteiger partial charge in [-0.25, -0.2) is 0 Å². The summed E-state index contributed by atoms with van der Waals surface area (Å²) >= 11 is 0. The number of nitrogens with zero attached hydrogens (tertiary/aromatic N) is 3. The smallest absolute Gasteiger partial charge is 0.213 e. The third-order valence-electron chi connectivity index (χ3n) is 1.65. The Morgan fingerprint density at radius 3 is 3.00 bits per heavy atom. The Morgan fingerprint density at radius 1 is 1.54 bits per heavy atom. The van der Waals surface area contributed by atoms with Crippen LogP contribution >= 0.6 is 0 Å². The van der Waals surface area contributed by atoms with Crippen molar-refractivity contribution < 1.29 is 4.52 Å². The van der Waals surface area contributed by atoms with Crippen molar-refractivity contribution in [2.45, 2.75) is 13.0 Å². The predicted octanol–water partition coefficient (Wildman–Crippen LogP) is 0.111. The molecule has 74 valence electrons. The van der Waals surface area contributed by atoms with Crippen LogP contribution in [0.4, 0.5) is 0 Å². The zero-order valence-electron chi connectivity index (χ0n) is 8.16. The second kappa shape index (κ2) is 5.66. The number of hydrogen-bond donors (Lipinski definition) is 1. The molecule has 5 heteroatoms. The molecule has 1 rings (SSSR count). The maximum atomic E-state index is 4.60. The highest BCUT2D eigenvalue weighted by Gasteiger charge is 1.96. The summed E-state index contributed by atoms with van der Waals surface area (Å²) in [5, 5.41) is 6.92. The molecule has 0 radical (unpaired) electrons. The van der Waals surface area contributed by atoms with Crippen molar-refractivity contribution in [2.24, 2.45) is 0 Å². The van der Waals surface area contributed by atoms with E-state index < -0.39 is 0 Å². The Balaban J connectivity index is 1.96. The highest BCUT2D eigenvalue weighted by molar-refractivity contribution is 4.75. The molecule has 0 aliphatic carbocycles. The van der Waals surface area contributed by atoms with Gasteiger partial charge in [0.05, 0.1) is 6.54 Å². The van der Waals surface area contributed by atoms with E-state index in [1.807, 2.05) is 0 Å². The van der Waals surface area contributed by atoms with Crippen molar-refractivity contribution in [2.75, 3.05) is 27.2 Å². The molecule has 1 N–H and O–H groups in total. The fourth-order valence-corrected chi connectivity index (χ4v) is 0.991. The molecule has 1 aromatic rings. The van der Waals surface area contributed by atoms with Crippen LogP contribution in [0.1, 0.15) is 12.2 Å². The van der Waals surface area contributed by atoms with Crippen LogP contribution in [-0.2, 0) is 6.54 Å². The minimum absolute atomic E-state index is 0.684. The van der Waals surface area contributed by atoms with E-state index in [2.05, 4.69) is 39.0 Å². The van der Waals surface area contributed by atoms with Crippen molar-refractivity contribution in [3.8, 4) is 0 Å². The summed E-state index contributed by atoms with van der Waals surface area (Å²) in [6.45, 7) is 2.76. The van der Waals surface area contributed by atoms with Crippen LogP contribution in [0.25, 0.3) is 0 Å². The van der Waals surface area contributed by atoms with Gasteiger partial charge < -0.3 is 14.7 Å². The maximum Gasteiger partial charge on any atom is 0.213 e. The van der Waals surface area contributed by atoms with Crippen LogP contribution in [0.3, 0.4) is 0 Å². The lowest BCUT2D eigenvalue weighted by Crippen LogP contribution is -2.21. The number of rotatable bonds is 6. The normalized spacial score (nSPS) is 11.0. The summed E-state index contributed by atoms with van der Waals surface area (Å²) in [6, 6.07) is 0. The lowest BCUT2D eigenvalue weighted by molar-refractivity contribution is 0.390. The van der Waals surface area contributed by atoms with E-state index >= 15 is 0 Å². The molecule has 0 saturated heterocycles. The average Bonchev–Trinajstić information content (AvgIpc) is 2.55. The van der Waals surface area contributed by atoms with Gasteiger partial charge in [0.1, 0.15) is 0 Å². The van der Waals surface area contributed by atoms with Gasteiger partial charge in [-0.15, -0.1) is 0 Å². The van der Waals surface area contributed by atoms with E-state index in [-0.39, 0.29) is 0 Å². The van der Waals surface area contributed by atoms with Crippen LogP contribution in [0.15, 0.2) is 10.9 Å². The van der Waals surface area contributed by atoms with E-state index in [0.29, 0.717) is 12.4 Å². The summed E-state index contributed by atoms with van der Waals surface area (Å²) in [5.74, 6) is 0.713. The molecule has 0 fully saturated rings. The van der Waals surface area contributed by atoms with Crippen LogP contribution in [0.5, 0.6) is 0 Å². The van der Waals surface area contributed by atoms with E-state index in [1.54, 1.807) is 0 Å². The van der Waals surface area contributed by atoms with E-state index in [9.17, 15) is 0 Å². The largest absolute Gasteiger partial charge is 0.343 e. The molecular weight excluding hydrogens is 168 g/mol. The highest BCUT2D eigenvalue weighted by Crippen LogP contribution is 1.87. The van der Waals surface area contributed by atoms with Gasteiger partial charge in [0, 0.05) is 0 Å². The van der Waals surface area contributed by atoms with E-state index in [0.717, 1.165) is 19.5 Å². The van der Waals surface area contributed by atoms with Crippen molar-refractivity contribution >= 4 is 0 Å². The summed E-state index contributed by atoms with van der Waals surface area (Å²) in [5.41, 5.74) is 0. The van der Waals surface area contributed by atoms with Gasteiger partial charge in [-0.2, -0.15) is 4.98 Å². The van der Waals surface area contributed by atoms with E-state index in [4.69, 9.17) is 0 Å². The molecule has 0 spiro atoms. The third-order valence-corrected chi connectivity index (χ3v) is 1.65. The summed E-state index contributed by atoms with van der Waals surface area (Å²) in [7, 11) is 4.14. The molecule has 0 unspecified atom stereocenters. The Morgan fingerprint density at radius 2 is 2.38 bits per heavy atom. The van der Waals surface area contributed by atoms with Crippen LogP contribution in [-0.4, -0.2) is 42.2 Å². The van der Waals surface area contributed by atoms with Crippen LogP contribution < -0.4 is 5.32 Å². The Hall–Kier alpha value is -0.940. The molecule has 0 aliphatic heterocycles. The topological polar surface area (TPSA) is 54.2 Å². The monoisotopic (exact) mass is 184 g/mol.